The summed E-state index contributed by atoms with van der Waals surface area (Å²) in [5.41, 5.74) is 3.86. The van der Waals surface area contributed by atoms with Crippen LogP contribution in [0.3, 0.4) is 0 Å². The lowest BCUT2D eigenvalue weighted by Crippen LogP contribution is -2.34. The predicted octanol–water partition coefficient (Wildman–Crippen LogP) is 3.44. The van der Waals surface area contributed by atoms with Crippen molar-refractivity contribution in [3.63, 3.8) is 0 Å². The second-order valence-electron chi connectivity index (χ2n) is 6.31. The number of carbonyl (C=O) groups excluding carboxylic acids is 3. The highest BCUT2D eigenvalue weighted by atomic mass is 35.5. The van der Waals surface area contributed by atoms with E-state index in [1.165, 1.54) is 6.21 Å². The molecule has 0 bridgehead atoms. The van der Waals surface area contributed by atoms with E-state index in [4.69, 9.17) is 16.3 Å². The Hall–Kier alpha value is -3.97. The van der Waals surface area contributed by atoms with Gasteiger partial charge in [-0.2, -0.15) is 5.10 Å². The summed E-state index contributed by atoms with van der Waals surface area (Å²) in [4.78, 5) is 35.8. The normalized spacial score (nSPS) is 10.5. The van der Waals surface area contributed by atoms with E-state index in [0.29, 0.717) is 27.5 Å². The van der Waals surface area contributed by atoms with Gasteiger partial charge in [-0.05, 0) is 66.2 Å². The van der Waals surface area contributed by atoms with Gasteiger partial charge in [-0.25, -0.2) is 10.2 Å². The van der Waals surface area contributed by atoms with Gasteiger partial charge in [0.15, 0.2) is 0 Å². The Labute approximate surface area is 183 Å². The summed E-state index contributed by atoms with van der Waals surface area (Å²) >= 11 is 5.77. The molecule has 3 rings (SSSR count). The largest absolute Gasteiger partial charge is 0.423 e. The molecule has 0 heterocycles. The standard InChI is InChI=1S/C23H18ClN3O4/c24-19-10-8-17(9-11-19)22(29)25-15-21(28)27-26-14-16-6-12-20(13-7-16)31-23(30)18-4-2-1-3-5-18/h1-14H,15H2,(H,25,29)(H,27,28). The van der Waals surface area contributed by atoms with Crippen LogP contribution in [0.5, 0.6) is 5.75 Å². The Kier molecular flexibility index (Phi) is 7.50. The van der Waals surface area contributed by atoms with Crippen molar-refractivity contribution >= 4 is 35.6 Å². The molecule has 3 aromatic carbocycles. The predicted molar refractivity (Wildman–Crippen MR) is 117 cm³/mol. The molecule has 156 valence electrons. The topological polar surface area (TPSA) is 96.9 Å². The number of amides is 2. The van der Waals surface area contributed by atoms with Gasteiger partial charge in [-0.1, -0.05) is 29.8 Å². The molecule has 0 aliphatic carbocycles. The number of nitrogens with zero attached hydrogens (tertiary/aromatic N) is 1. The van der Waals surface area contributed by atoms with Gasteiger partial charge >= 0.3 is 5.97 Å². The molecule has 7 nitrogen and oxygen atoms in total. The third-order valence-electron chi connectivity index (χ3n) is 4.02. The molecule has 0 aliphatic rings. The van der Waals surface area contributed by atoms with Gasteiger partial charge in [0.1, 0.15) is 5.75 Å². The third-order valence-corrected chi connectivity index (χ3v) is 4.27. The van der Waals surface area contributed by atoms with Crippen LogP contribution in [0.15, 0.2) is 84.0 Å². The Morgan fingerprint density at radius 1 is 0.871 bits per heavy atom. The van der Waals surface area contributed by atoms with E-state index in [1.807, 2.05) is 6.07 Å². The number of rotatable bonds is 7. The second kappa shape index (κ2) is 10.7. The fourth-order valence-electron chi connectivity index (χ4n) is 2.44. The highest BCUT2D eigenvalue weighted by molar-refractivity contribution is 6.30. The SMILES string of the molecule is O=C(CNC(=O)c1ccc(Cl)cc1)NN=Cc1ccc(OC(=O)c2ccccc2)cc1. The summed E-state index contributed by atoms with van der Waals surface area (Å²) in [7, 11) is 0. The zero-order valence-corrected chi connectivity index (χ0v) is 17.0. The highest BCUT2D eigenvalue weighted by Gasteiger charge is 2.08. The number of benzene rings is 3. The molecule has 2 N–H and O–H groups in total. The molecule has 0 aromatic heterocycles. The van der Waals surface area contributed by atoms with Crippen LogP contribution in [0, 0.1) is 0 Å². The molecule has 0 fully saturated rings. The maximum absolute atomic E-state index is 12.0. The van der Waals surface area contributed by atoms with E-state index in [2.05, 4.69) is 15.8 Å². The first-order chi connectivity index (χ1) is 15.0. The molecule has 8 heteroatoms. The first kappa shape index (κ1) is 21.7. The molecular weight excluding hydrogens is 418 g/mol. The number of nitrogens with one attached hydrogen (secondary N) is 2. The molecule has 0 saturated carbocycles. The number of hydrogen-bond acceptors (Lipinski definition) is 5. The molecule has 0 radical (unpaired) electrons. The van der Waals surface area contributed by atoms with Gasteiger partial charge in [0.25, 0.3) is 11.8 Å². The molecule has 3 aromatic rings. The van der Waals surface area contributed by atoms with Crippen LogP contribution in [0.4, 0.5) is 0 Å². The fraction of sp³-hybridized carbons (Fsp3) is 0.0435. The minimum Gasteiger partial charge on any atom is -0.423 e. The van der Waals surface area contributed by atoms with E-state index < -0.39 is 17.8 Å². The van der Waals surface area contributed by atoms with E-state index >= 15 is 0 Å². The first-order valence-corrected chi connectivity index (χ1v) is 9.62. The maximum atomic E-state index is 12.0. The monoisotopic (exact) mass is 435 g/mol. The summed E-state index contributed by atoms with van der Waals surface area (Å²) in [5, 5.41) is 6.85. The van der Waals surface area contributed by atoms with Crippen molar-refractivity contribution in [3.05, 3.63) is 101 Å². The summed E-state index contributed by atoms with van der Waals surface area (Å²) in [6.07, 6.45) is 1.43. The second-order valence-corrected chi connectivity index (χ2v) is 6.74. The Morgan fingerprint density at radius 3 is 2.23 bits per heavy atom. The molecular formula is C23H18ClN3O4. The van der Waals surface area contributed by atoms with E-state index in [1.54, 1.807) is 72.8 Å². The summed E-state index contributed by atoms with van der Waals surface area (Å²) in [6, 6.07) is 21.6. The number of hydrogen-bond donors (Lipinski definition) is 2. The van der Waals surface area contributed by atoms with Gasteiger partial charge < -0.3 is 10.1 Å². The Balaban J connectivity index is 1.44. The Morgan fingerprint density at radius 2 is 1.55 bits per heavy atom. The molecule has 0 unspecified atom stereocenters. The van der Waals surface area contributed by atoms with Crippen LogP contribution in [0.2, 0.25) is 5.02 Å². The van der Waals surface area contributed by atoms with Crippen LogP contribution in [-0.4, -0.2) is 30.5 Å². The van der Waals surface area contributed by atoms with Crippen LogP contribution < -0.4 is 15.5 Å². The minimum atomic E-state index is -0.480. The zero-order chi connectivity index (χ0) is 22.1. The van der Waals surface area contributed by atoms with E-state index in [0.717, 1.165) is 0 Å². The number of carbonyl (C=O) groups is 3. The third kappa shape index (κ3) is 6.80. The van der Waals surface area contributed by atoms with Gasteiger partial charge in [0.05, 0.1) is 18.3 Å². The molecule has 31 heavy (non-hydrogen) atoms. The highest BCUT2D eigenvalue weighted by Crippen LogP contribution is 2.13. The van der Waals surface area contributed by atoms with Crippen LogP contribution in [0.25, 0.3) is 0 Å². The van der Waals surface area contributed by atoms with Gasteiger partial charge in [-0.3, -0.25) is 9.59 Å². The lowest BCUT2D eigenvalue weighted by molar-refractivity contribution is -0.120. The van der Waals surface area contributed by atoms with Crippen molar-refractivity contribution in [2.45, 2.75) is 0 Å². The smallest absolute Gasteiger partial charge is 0.343 e. The van der Waals surface area contributed by atoms with E-state index in [-0.39, 0.29) is 6.54 Å². The number of hydrazone groups is 1. The first-order valence-electron chi connectivity index (χ1n) is 9.24. The summed E-state index contributed by atoms with van der Waals surface area (Å²) in [6.45, 7) is -0.229. The van der Waals surface area contributed by atoms with Crippen molar-refractivity contribution in [2.75, 3.05) is 6.54 Å². The lowest BCUT2D eigenvalue weighted by atomic mass is 10.2. The van der Waals surface area contributed by atoms with Crippen molar-refractivity contribution in [3.8, 4) is 5.75 Å². The number of esters is 1. The molecule has 2 amide bonds. The van der Waals surface area contributed by atoms with Gasteiger partial charge in [-0.15, -0.1) is 0 Å². The molecule has 0 saturated heterocycles. The maximum Gasteiger partial charge on any atom is 0.343 e. The van der Waals surface area contributed by atoms with Crippen molar-refractivity contribution in [2.24, 2.45) is 5.10 Å². The number of halogens is 1. The summed E-state index contributed by atoms with van der Waals surface area (Å²) < 4.78 is 5.29. The van der Waals surface area contributed by atoms with Crippen molar-refractivity contribution in [1.29, 1.82) is 0 Å². The Bertz CT molecular complexity index is 1080. The number of ether oxygens (including phenoxy) is 1. The molecule has 0 aliphatic heterocycles. The molecule has 0 spiro atoms. The van der Waals surface area contributed by atoms with Crippen LogP contribution in [-0.2, 0) is 4.79 Å². The molecule has 0 atom stereocenters. The van der Waals surface area contributed by atoms with Gasteiger partial charge in [0, 0.05) is 10.6 Å². The lowest BCUT2D eigenvalue weighted by Gasteiger charge is -2.05. The quantitative estimate of drug-likeness (QED) is 0.257. The van der Waals surface area contributed by atoms with Crippen molar-refractivity contribution in [1.82, 2.24) is 10.7 Å². The van der Waals surface area contributed by atoms with Gasteiger partial charge in [0.2, 0.25) is 0 Å². The minimum absolute atomic E-state index is 0.229. The van der Waals surface area contributed by atoms with Crippen LogP contribution >= 0.6 is 11.6 Å². The van der Waals surface area contributed by atoms with Crippen LogP contribution in [0.1, 0.15) is 26.3 Å². The summed E-state index contributed by atoms with van der Waals surface area (Å²) in [5.74, 6) is -0.932. The van der Waals surface area contributed by atoms with E-state index in [9.17, 15) is 14.4 Å². The average Bonchev–Trinajstić information content (AvgIpc) is 2.79. The average molecular weight is 436 g/mol. The fourth-order valence-corrected chi connectivity index (χ4v) is 2.57. The zero-order valence-electron chi connectivity index (χ0n) is 16.2. The van der Waals surface area contributed by atoms with Crippen molar-refractivity contribution < 1.29 is 19.1 Å².